The van der Waals surface area contributed by atoms with Crippen molar-refractivity contribution in [1.29, 1.82) is 0 Å². The first kappa shape index (κ1) is 20.2. The van der Waals surface area contributed by atoms with Crippen LogP contribution in [0.25, 0.3) is 0 Å². The molecule has 0 unspecified atom stereocenters. The molecule has 0 radical (unpaired) electrons. The van der Waals surface area contributed by atoms with Crippen LogP contribution in [0.2, 0.25) is 5.02 Å². The summed E-state index contributed by atoms with van der Waals surface area (Å²) in [7, 11) is 0. The fourth-order valence-corrected chi connectivity index (χ4v) is 3.22. The van der Waals surface area contributed by atoms with Crippen LogP contribution in [0.5, 0.6) is 0 Å². The van der Waals surface area contributed by atoms with E-state index in [1.54, 1.807) is 41.2 Å². The molecule has 0 fully saturated rings. The molecule has 1 heterocycles. The molecule has 0 atom stereocenters. The van der Waals surface area contributed by atoms with E-state index in [1.165, 1.54) is 23.5 Å². The Labute approximate surface area is 176 Å². The molecule has 1 aromatic heterocycles. The third-order valence-corrected chi connectivity index (χ3v) is 4.89. The lowest BCUT2D eigenvalue weighted by Gasteiger charge is -2.11. The van der Waals surface area contributed by atoms with E-state index in [2.05, 4.69) is 20.9 Å². The van der Waals surface area contributed by atoms with Gasteiger partial charge in [-0.2, -0.15) is 0 Å². The highest BCUT2D eigenvalue weighted by atomic mass is 35.5. The van der Waals surface area contributed by atoms with Crippen LogP contribution in [0.3, 0.4) is 0 Å². The van der Waals surface area contributed by atoms with Crippen molar-refractivity contribution in [2.75, 3.05) is 17.2 Å². The number of aromatic nitrogens is 1. The molecule has 144 valence electrons. The molecule has 1 amide bonds. The van der Waals surface area contributed by atoms with Crippen molar-refractivity contribution in [1.82, 2.24) is 10.3 Å². The summed E-state index contributed by atoms with van der Waals surface area (Å²) in [6.45, 7) is 0.550. The normalized spacial score (nSPS) is 10.4. The number of carbonyl (C=O) groups is 1. The van der Waals surface area contributed by atoms with Crippen molar-refractivity contribution in [2.45, 2.75) is 6.42 Å². The first-order valence-electron chi connectivity index (χ1n) is 8.29. The second-order valence-electron chi connectivity index (χ2n) is 5.78. The van der Waals surface area contributed by atoms with Gasteiger partial charge in [-0.05, 0) is 60.6 Å². The van der Waals surface area contributed by atoms with Crippen LogP contribution < -0.4 is 16.0 Å². The van der Waals surface area contributed by atoms with Gasteiger partial charge in [0.1, 0.15) is 11.5 Å². The average Bonchev–Trinajstić information content (AvgIpc) is 3.21. The zero-order chi connectivity index (χ0) is 19.9. The minimum absolute atomic E-state index is 0.111. The summed E-state index contributed by atoms with van der Waals surface area (Å²) in [5, 5.41) is 11.2. The van der Waals surface area contributed by atoms with Crippen LogP contribution in [-0.2, 0) is 6.42 Å². The highest BCUT2D eigenvalue weighted by Gasteiger charge is 2.08. The third kappa shape index (κ3) is 5.72. The van der Waals surface area contributed by atoms with Gasteiger partial charge in [-0.3, -0.25) is 4.79 Å². The zero-order valence-corrected chi connectivity index (χ0v) is 16.9. The molecule has 3 rings (SSSR count). The summed E-state index contributed by atoms with van der Waals surface area (Å²) >= 11 is 12.3. The van der Waals surface area contributed by atoms with Gasteiger partial charge in [-0.25, -0.2) is 9.37 Å². The number of anilines is 2. The van der Waals surface area contributed by atoms with E-state index in [0.29, 0.717) is 29.5 Å². The van der Waals surface area contributed by atoms with Crippen molar-refractivity contribution in [2.24, 2.45) is 0 Å². The van der Waals surface area contributed by atoms with Gasteiger partial charge >= 0.3 is 0 Å². The Morgan fingerprint density at radius 1 is 1.14 bits per heavy atom. The number of hydrogen-bond acceptors (Lipinski definition) is 4. The number of benzene rings is 2. The fourth-order valence-electron chi connectivity index (χ4n) is 2.35. The number of amides is 1. The number of rotatable bonds is 6. The molecular formula is C19H16ClFN4OS2. The lowest BCUT2D eigenvalue weighted by molar-refractivity contribution is 0.102. The van der Waals surface area contributed by atoms with Crippen LogP contribution in [-0.4, -0.2) is 22.5 Å². The number of hydrogen-bond donors (Lipinski definition) is 3. The maximum atomic E-state index is 13.4. The molecule has 5 nitrogen and oxygen atoms in total. The maximum absolute atomic E-state index is 13.4. The Morgan fingerprint density at radius 3 is 2.50 bits per heavy atom. The summed E-state index contributed by atoms with van der Waals surface area (Å²) in [6.07, 6.45) is 0.609. The predicted octanol–water partition coefficient (Wildman–Crippen LogP) is 4.72. The summed E-state index contributed by atoms with van der Waals surface area (Å²) in [5.74, 6) is -0.681. The van der Waals surface area contributed by atoms with E-state index < -0.39 is 5.82 Å². The number of nitrogens with zero attached hydrogens (tertiary/aromatic N) is 1. The number of nitrogens with one attached hydrogen (secondary N) is 3. The Bertz CT molecular complexity index is 965. The Morgan fingerprint density at radius 2 is 1.86 bits per heavy atom. The van der Waals surface area contributed by atoms with Crippen LogP contribution in [0.1, 0.15) is 16.1 Å². The number of thiazole rings is 1. The highest BCUT2D eigenvalue weighted by Crippen LogP contribution is 2.16. The second-order valence-corrected chi connectivity index (χ2v) is 7.32. The van der Waals surface area contributed by atoms with Gasteiger partial charge in [-0.1, -0.05) is 17.7 Å². The first-order chi connectivity index (χ1) is 13.5. The van der Waals surface area contributed by atoms with E-state index in [-0.39, 0.29) is 10.9 Å². The molecule has 3 N–H and O–H groups in total. The summed E-state index contributed by atoms with van der Waals surface area (Å²) in [6, 6.07) is 11.9. The summed E-state index contributed by atoms with van der Waals surface area (Å²) < 4.78 is 13.4. The van der Waals surface area contributed by atoms with Crippen molar-refractivity contribution >= 4 is 57.5 Å². The molecule has 0 saturated heterocycles. The van der Waals surface area contributed by atoms with E-state index in [1.807, 2.05) is 0 Å². The topological polar surface area (TPSA) is 66.1 Å². The van der Waals surface area contributed by atoms with Gasteiger partial charge in [0, 0.05) is 23.3 Å². The largest absolute Gasteiger partial charge is 0.362 e. The van der Waals surface area contributed by atoms with Gasteiger partial charge < -0.3 is 16.0 Å². The van der Waals surface area contributed by atoms with Crippen LogP contribution in [0, 0.1) is 5.82 Å². The van der Waals surface area contributed by atoms with Crippen LogP contribution >= 0.6 is 35.2 Å². The van der Waals surface area contributed by atoms with E-state index >= 15 is 0 Å². The van der Waals surface area contributed by atoms with Crippen molar-refractivity contribution in [3.63, 3.8) is 0 Å². The number of halogens is 2. The minimum atomic E-state index is -0.429. The SMILES string of the molecule is O=C(Nc1ccc(NC(=S)NCCc2ccc(Cl)c(F)c2)cc1)c1cscn1. The number of thiocarbonyl (C=S) groups is 1. The van der Waals surface area contributed by atoms with Crippen molar-refractivity contribution in [3.05, 3.63) is 75.5 Å². The van der Waals surface area contributed by atoms with E-state index in [4.69, 9.17) is 23.8 Å². The Hall–Kier alpha value is -2.55. The molecule has 0 aliphatic rings. The Kier molecular flexibility index (Phi) is 6.91. The van der Waals surface area contributed by atoms with Gasteiger partial charge in [-0.15, -0.1) is 11.3 Å². The van der Waals surface area contributed by atoms with Crippen LogP contribution in [0.4, 0.5) is 15.8 Å². The summed E-state index contributed by atoms with van der Waals surface area (Å²) in [4.78, 5) is 15.9. The first-order valence-corrected chi connectivity index (χ1v) is 10.0. The van der Waals surface area contributed by atoms with Crippen molar-refractivity contribution in [3.8, 4) is 0 Å². The van der Waals surface area contributed by atoms with E-state index in [0.717, 1.165) is 11.3 Å². The molecule has 0 bridgehead atoms. The van der Waals surface area contributed by atoms with E-state index in [9.17, 15) is 9.18 Å². The highest BCUT2D eigenvalue weighted by molar-refractivity contribution is 7.80. The molecule has 2 aromatic carbocycles. The second kappa shape index (κ2) is 9.59. The maximum Gasteiger partial charge on any atom is 0.275 e. The fraction of sp³-hybridized carbons (Fsp3) is 0.105. The smallest absolute Gasteiger partial charge is 0.275 e. The number of carbonyl (C=O) groups excluding carboxylic acids is 1. The monoisotopic (exact) mass is 434 g/mol. The molecule has 0 aliphatic carbocycles. The minimum Gasteiger partial charge on any atom is -0.362 e. The molecular weight excluding hydrogens is 419 g/mol. The lowest BCUT2D eigenvalue weighted by Crippen LogP contribution is -2.30. The average molecular weight is 435 g/mol. The van der Waals surface area contributed by atoms with Crippen molar-refractivity contribution < 1.29 is 9.18 Å². The zero-order valence-electron chi connectivity index (χ0n) is 14.5. The molecule has 0 aliphatic heterocycles. The quantitative estimate of drug-likeness (QED) is 0.490. The molecule has 3 aromatic rings. The molecule has 28 heavy (non-hydrogen) atoms. The molecule has 9 heteroatoms. The van der Waals surface area contributed by atoms with Gasteiger partial charge in [0.25, 0.3) is 5.91 Å². The Balaban J connectivity index is 1.45. The standard InChI is InChI=1S/C19H16ClFN4OS2/c20-15-6-1-12(9-16(15)21)7-8-22-19(27)25-14-4-2-13(3-5-14)24-18(26)17-10-28-11-23-17/h1-6,9-11H,7-8H2,(H,24,26)(H2,22,25,27). The summed E-state index contributed by atoms with van der Waals surface area (Å²) in [5.41, 5.74) is 4.27. The van der Waals surface area contributed by atoms with Gasteiger partial charge in [0.15, 0.2) is 5.11 Å². The molecule has 0 saturated carbocycles. The van der Waals surface area contributed by atoms with Gasteiger partial charge in [0.2, 0.25) is 0 Å². The van der Waals surface area contributed by atoms with Gasteiger partial charge in [0.05, 0.1) is 10.5 Å². The lowest BCUT2D eigenvalue weighted by atomic mass is 10.1. The van der Waals surface area contributed by atoms with Crippen LogP contribution in [0.15, 0.2) is 53.4 Å². The molecule has 0 spiro atoms. The predicted molar refractivity (Wildman–Crippen MR) is 116 cm³/mol. The third-order valence-electron chi connectivity index (χ3n) is 3.75.